The van der Waals surface area contributed by atoms with Gasteiger partial charge in [0.2, 0.25) is 0 Å². The molecule has 0 unspecified atom stereocenters. The van der Waals surface area contributed by atoms with Crippen molar-refractivity contribution in [3.05, 3.63) is 35.4 Å². The van der Waals surface area contributed by atoms with E-state index in [0.29, 0.717) is 37.3 Å². The minimum absolute atomic E-state index is 0.102. The monoisotopic (exact) mass is 454 g/mol. The molecule has 0 radical (unpaired) electrons. The molecule has 30 heavy (non-hydrogen) atoms. The summed E-state index contributed by atoms with van der Waals surface area (Å²) in [5.74, 6) is -0.198. The van der Waals surface area contributed by atoms with Crippen molar-refractivity contribution in [3.8, 4) is 12.1 Å². The fraction of sp³-hybridized carbons (Fsp3) is 0.444. The normalized spacial score (nSPS) is 12.1. The largest absolute Gasteiger partial charge is 0.328 e. The van der Waals surface area contributed by atoms with Crippen LogP contribution in [0.1, 0.15) is 50.7 Å². The van der Waals surface area contributed by atoms with Gasteiger partial charge in [0, 0.05) is 11.1 Å². The molecule has 1 rings (SSSR count). The van der Waals surface area contributed by atoms with E-state index in [0.717, 1.165) is 12.8 Å². The van der Waals surface area contributed by atoms with Gasteiger partial charge >= 0.3 is 10.1 Å². The number of hydrogen-bond donors (Lipinski definition) is 0. The highest BCUT2D eigenvalue weighted by Crippen LogP contribution is 2.12. The summed E-state index contributed by atoms with van der Waals surface area (Å²) in [5, 5.41) is 25.7. The van der Waals surface area contributed by atoms with E-state index >= 15 is 0 Å². The zero-order chi connectivity index (χ0) is 22.2. The van der Waals surface area contributed by atoms with E-state index in [1.54, 1.807) is 18.2 Å². The summed E-state index contributed by atoms with van der Waals surface area (Å²) in [6.07, 6.45) is 2.87. The van der Waals surface area contributed by atoms with Gasteiger partial charge in [-0.2, -0.15) is 18.9 Å². The number of nitrogens with zero attached hydrogens (tertiary/aromatic N) is 4. The molecule has 10 nitrogen and oxygen atoms in total. The van der Waals surface area contributed by atoms with Crippen molar-refractivity contribution in [2.24, 2.45) is 10.3 Å². The summed E-state index contributed by atoms with van der Waals surface area (Å²) >= 11 is 0.451. The zero-order valence-electron chi connectivity index (χ0n) is 16.6. The van der Waals surface area contributed by atoms with Gasteiger partial charge in [0.25, 0.3) is 12.3 Å². The Morgan fingerprint density at radius 2 is 1.70 bits per heavy atom. The van der Waals surface area contributed by atoms with Crippen LogP contribution >= 0.6 is 12.3 Å². The van der Waals surface area contributed by atoms with Gasteiger partial charge in [-0.3, -0.25) is 8.57 Å². The molecule has 0 atom stereocenters. The molecule has 0 saturated heterocycles. The van der Waals surface area contributed by atoms with E-state index in [2.05, 4.69) is 18.9 Å². The molecule has 1 aromatic rings. The number of nitriles is 2. The molecule has 0 aliphatic rings. The lowest BCUT2D eigenvalue weighted by Crippen LogP contribution is -2.10. The molecule has 0 aliphatic carbocycles. The van der Waals surface area contributed by atoms with Crippen molar-refractivity contribution in [2.75, 3.05) is 12.4 Å². The lowest BCUT2D eigenvalue weighted by molar-refractivity contribution is -0.197. The molecule has 0 fully saturated rings. The Balaban J connectivity index is 2.85. The Morgan fingerprint density at radius 1 is 1.07 bits per heavy atom. The number of rotatable bonds is 14. The van der Waals surface area contributed by atoms with Crippen LogP contribution in [0.2, 0.25) is 0 Å². The summed E-state index contributed by atoms with van der Waals surface area (Å²) in [7, 11) is -3.87. The Hall–Kier alpha value is -2.64. The van der Waals surface area contributed by atoms with Crippen molar-refractivity contribution in [1.29, 1.82) is 10.5 Å². The van der Waals surface area contributed by atoms with Crippen molar-refractivity contribution in [3.63, 3.8) is 0 Å². The minimum Gasteiger partial charge on any atom is -0.288 e. The lowest BCUT2D eigenvalue weighted by Gasteiger charge is -2.03. The first kappa shape index (κ1) is 25.4. The summed E-state index contributed by atoms with van der Waals surface area (Å²) < 4.78 is 37.6. The van der Waals surface area contributed by atoms with Crippen LogP contribution in [0.15, 0.2) is 34.6 Å². The molecular weight excluding hydrogens is 432 g/mol. The molecule has 0 amide bonds. The maximum absolute atomic E-state index is 11.8. The first-order chi connectivity index (χ1) is 14.5. The Bertz CT molecular complexity index is 919. The van der Waals surface area contributed by atoms with Crippen LogP contribution in [0.5, 0.6) is 0 Å². The maximum atomic E-state index is 11.8. The molecular formula is C18H22N4O6S2. The quantitative estimate of drug-likeness (QED) is 0.135. The third-order valence-corrected chi connectivity index (χ3v) is 4.80. The highest BCUT2D eigenvalue weighted by Gasteiger charge is 2.13. The Labute approximate surface area is 180 Å². The predicted molar refractivity (Wildman–Crippen MR) is 111 cm³/mol. The van der Waals surface area contributed by atoms with Gasteiger partial charge in [0.1, 0.15) is 12.1 Å². The molecule has 0 N–H and O–H groups in total. The third-order valence-electron chi connectivity index (χ3n) is 3.43. The second kappa shape index (κ2) is 14.4. The summed E-state index contributed by atoms with van der Waals surface area (Å²) in [4.78, 5) is 4.81. The average molecular weight is 455 g/mol. The van der Waals surface area contributed by atoms with Crippen LogP contribution < -0.4 is 0 Å². The topological polar surface area (TPSA) is 143 Å². The molecule has 0 aromatic heterocycles. The molecule has 0 spiro atoms. The number of oxime groups is 2. The van der Waals surface area contributed by atoms with Gasteiger partial charge in [-0.1, -0.05) is 55.2 Å². The van der Waals surface area contributed by atoms with Crippen LogP contribution in [-0.4, -0.2) is 32.2 Å². The van der Waals surface area contributed by atoms with Gasteiger partial charge < -0.3 is 0 Å². The standard InChI is InChI=1S/C18H22N4O6S2/c1-3-5-10-25-28-29-26-21-17(13-19)15-8-7-9-16(12-15)18(14-20)22-27-30(23,24)11-6-4-2/h7-9,12H,3-6,10-11H2,1-2H3. The molecule has 12 heteroatoms. The van der Waals surface area contributed by atoms with Crippen molar-refractivity contribution in [2.45, 2.75) is 39.5 Å². The molecule has 0 saturated carbocycles. The predicted octanol–water partition coefficient (Wildman–Crippen LogP) is 3.62. The molecule has 1 aromatic carbocycles. The smallest absolute Gasteiger partial charge is 0.288 e. The van der Waals surface area contributed by atoms with Crippen LogP contribution in [0.3, 0.4) is 0 Å². The SMILES string of the molecule is CCCCOOSON=C(C#N)c1cccc(C(C#N)=NOS(=O)(=O)CCCC)c1. The fourth-order valence-electron chi connectivity index (χ4n) is 1.86. The van der Waals surface area contributed by atoms with E-state index in [1.807, 2.05) is 19.9 Å². The first-order valence-electron chi connectivity index (χ1n) is 9.07. The van der Waals surface area contributed by atoms with Gasteiger partial charge in [-0.05, 0) is 18.9 Å². The Kier molecular flexibility index (Phi) is 12.2. The third kappa shape index (κ3) is 9.71. The average Bonchev–Trinajstić information content (AvgIpc) is 2.75. The second-order valence-electron chi connectivity index (χ2n) is 5.76. The molecule has 0 bridgehead atoms. The van der Waals surface area contributed by atoms with Crippen molar-refractivity contribution >= 4 is 33.9 Å². The number of benzene rings is 1. The maximum Gasteiger partial charge on any atom is 0.328 e. The highest BCUT2D eigenvalue weighted by atomic mass is 32.2. The van der Waals surface area contributed by atoms with Crippen LogP contribution in [0, 0.1) is 22.7 Å². The Morgan fingerprint density at radius 3 is 2.30 bits per heavy atom. The van der Waals surface area contributed by atoms with Gasteiger partial charge in [0.05, 0.1) is 12.4 Å². The minimum atomic E-state index is -3.87. The van der Waals surface area contributed by atoms with E-state index in [1.165, 1.54) is 12.1 Å². The van der Waals surface area contributed by atoms with Gasteiger partial charge in [0.15, 0.2) is 11.4 Å². The molecule has 162 valence electrons. The summed E-state index contributed by atoms with van der Waals surface area (Å²) in [6.45, 7) is 4.24. The highest BCUT2D eigenvalue weighted by molar-refractivity contribution is 7.89. The lowest BCUT2D eigenvalue weighted by atomic mass is 10.0. The summed E-state index contributed by atoms with van der Waals surface area (Å²) in [6, 6.07) is 9.69. The van der Waals surface area contributed by atoms with Crippen LogP contribution in [-0.2, 0) is 27.9 Å². The zero-order valence-corrected chi connectivity index (χ0v) is 18.2. The van der Waals surface area contributed by atoms with E-state index < -0.39 is 10.1 Å². The second-order valence-corrected chi connectivity index (χ2v) is 7.85. The van der Waals surface area contributed by atoms with Crippen LogP contribution in [0.25, 0.3) is 0 Å². The molecule has 0 heterocycles. The van der Waals surface area contributed by atoms with E-state index in [-0.39, 0.29) is 22.7 Å². The fourth-order valence-corrected chi connectivity index (χ4v) is 3.01. The van der Waals surface area contributed by atoms with E-state index in [4.69, 9.17) is 9.17 Å². The molecule has 0 aliphatic heterocycles. The number of hydrogen-bond acceptors (Lipinski definition) is 11. The number of unbranched alkanes of at least 4 members (excludes halogenated alkanes) is 2. The van der Waals surface area contributed by atoms with Crippen molar-refractivity contribution in [1.82, 2.24) is 0 Å². The first-order valence-corrected chi connectivity index (χ1v) is 11.3. The van der Waals surface area contributed by atoms with Crippen LogP contribution in [0.4, 0.5) is 0 Å². The van der Waals surface area contributed by atoms with Gasteiger partial charge in [-0.25, -0.2) is 4.89 Å². The van der Waals surface area contributed by atoms with Crippen molar-refractivity contribution < 1.29 is 26.2 Å². The van der Waals surface area contributed by atoms with Gasteiger partial charge in [-0.15, -0.1) is 4.33 Å². The van der Waals surface area contributed by atoms with E-state index in [9.17, 15) is 18.9 Å². The summed E-state index contributed by atoms with van der Waals surface area (Å²) in [5.41, 5.74) is 0.196.